The van der Waals surface area contributed by atoms with Crippen LogP contribution in [0.25, 0.3) is 0 Å². The molecule has 6 aliphatic rings. The lowest BCUT2D eigenvalue weighted by atomic mass is 9.80. The molecule has 0 radical (unpaired) electrons. The van der Waals surface area contributed by atoms with E-state index < -0.39 is 11.2 Å². The van der Waals surface area contributed by atoms with Crippen molar-refractivity contribution in [2.45, 2.75) is 101 Å². The molecule has 4 saturated carbocycles. The van der Waals surface area contributed by atoms with Crippen LogP contribution in [0.5, 0.6) is 0 Å². The van der Waals surface area contributed by atoms with Gasteiger partial charge in [-0.3, -0.25) is 9.59 Å². The third-order valence-corrected chi connectivity index (χ3v) is 8.37. The second-order valence-corrected chi connectivity index (χ2v) is 10.4. The summed E-state index contributed by atoms with van der Waals surface area (Å²) in [7, 11) is 0. The molecule has 0 bridgehead atoms. The molecule has 28 heavy (non-hydrogen) atoms. The van der Waals surface area contributed by atoms with Crippen LogP contribution in [0, 0.1) is 23.7 Å². The predicted octanol–water partition coefficient (Wildman–Crippen LogP) is 2.77. The standard InChI is InChI=1S/C22H30O6/c1-11-7-15-17(25-15)9-13(11)19(23)27-21(3-4-21)22(5-6-22)28-20(24)14-10-18-16(26-18)8-12(14)2/h11-18H,3-10H2,1-2H3. The van der Waals surface area contributed by atoms with E-state index in [2.05, 4.69) is 13.8 Å². The summed E-state index contributed by atoms with van der Waals surface area (Å²) in [5, 5.41) is 0. The molecule has 0 amide bonds. The molecule has 0 aromatic carbocycles. The third-order valence-electron chi connectivity index (χ3n) is 8.37. The quantitative estimate of drug-likeness (QED) is 0.531. The number of ether oxygens (including phenoxy) is 4. The van der Waals surface area contributed by atoms with Crippen molar-refractivity contribution in [2.75, 3.05) is 0 Å². The van der Waals surface area contributed by atoms with Gasteiger partial charge in [-0.1, -0.05) is 13.8 Å². The van der Waals surface area contributed by atoms with Gasteiger partial charge in [0.15, 0.2) is 11.2 Å². The van der Waals surface area contributed by atoms with Crippen LogP contribution < -0.4 is 0 Å². The average molecular weight is 390 g/mol. The highest BCUT2D eigenvalue weighted by molar-refractivity contribution is 5.76. The number of esters is 2. The van der Waals surface area contributed by atoms with E-state index in [1.54, 1.807) is 0 Å². The number of epoxide rings is 2. The van der Waals surface area contributed by atoms with E-state index in [-0.39, 0.29) is 36.0 Å². The number of carbonyl (C=O) groups excluding carboxylic acids is 2. The molecule has 8 atom stereocenters. The Kier molecular flexibility index (Phi) is 3.61. The van der Waals surface area contributed by atoms with Gasteiger partial charge in [-0.2, -0.15) is 0 Å². The van der Waals surface area contributed by atoms with E-state index in [1.165, 1.54) is 0 Å². The molecule has 154 valence electrons. The monoisotopic (exact) mass is 390 g/mol. The molecular weight excluding hydrogens is 360 g/mol. The Morgan fingerprint density at radius 1 is 0.679 bits per heavy atom. The molecule has 4 aliphatic carbocycles. The summed E-state index contributed by atoms with van der Waals surface area (Å²) in [4.78, 5) is 25.9. The van der Waals surface area contributed by atoms with Crippen LogP contribution in [0.4, 0.5) is 0 Å². The summed E-state index contributed by atoms with van der Waals surface area (Å²) in [6, 6.07) is 0. The van der Waals surface area contributed by atoms with Crippen molar-refractivity contribution in [1.29, 1.82) is 0 Å². The summed E-state index contributed by atoms with van der Waals surface area (Å²) in [5.74, 6) is 0.187. The highest BCUT2D eigenvalue weighted by Gasteiger charge is 2.72. The lowest BCUT2D eigenvalue weighted by molar-refractivity contribution is -0.184. The lowest BCUT2D eigenvalue weighted by Gasteiger charge is -2.33. The van der Waals surface area contributed by atoms with Crippen LogP contribution in [0.3, 0.4) is 0 Å². The molecule has 0 spiro atoms. The highest BCUT2D eigenvalue weighted by Crippen LogP contribution is 2.63. The smallest absolute Gasteiger partial charge is 0.310 e. The summed E-state index contributed by atoms with van der Waals surface area (Å²) in [5.41, 5.74) is -1.14. The molecule has 2 saturated heterocycles. The van der Waals surface area contributed by atoms with Gasteiger partial charge >= 0.3 is 11.9 Å². The highest BCUT2D eigenvalue weighted by atomic mass is 16.6. The normalized spacial score (nSPS) is 48.5. The first-order chi connectivity index (χ1) is 13.4. The average Bonchev–Trinajstić information content (AvgIpc) is 3.44. The summed E-state index contributed by atoms with van der Waals surface area (Å²) >= 11 is 0. The molecule has 6 rings (SSSR count). The largest absolute Gasteiger partial charge is 0.455 e. The minimum atomic E-state index is -0.572. The zero-order chi connectivity index (χ0) is 19.3. The Labute approximate surface area is 165 Å². The Hall–Kier alpha value is -1.14. The fraction of sp³-hybridized carbons (Fsp3) is 0.909. The molecule has 0 aromatic rings. The van der Waals surface area contributed by atoms with Crippen molar-refractivity contribution in [3.05, 3.63) is 0 Å². The van der Waals surface area contributed by atoms with Crippen molar-refractivity contribution in [2.24, 2.45) is 23.7 Å². The Bertz CT molecular complexity index is 650. The third kappa shape index (κ3) is 2.74. The number of hydrogen-bond acceptors (Lipinski definition) is 6. The first kappa shape index (κ1) is 17.7. The maximum atomic E-state index is 13.0. The van der Waals surface area contributed by atoms with E-state index in [1.807, 2.05) is 0 Å². The Balaban J connectivity index is 1.11. The van der Waals surface area contributed by atoms with E-state index in [9.17, 15) is 9.59 Å². The van der Waals surface area contributed by atoms with Crippen molar-refractivity contribution in [3.63, 3.8) is 0 Å². The summed E-state index contributed by atoms with van der Waals surface area (Å²) in [6.45, 7) is 4.24. The van der Waals surface area contributed by atoms with Gasteiger partial charge < -0.3 is 18.9 Å². The molecule has 2 heterocycles. The van der Waals surface area contributed by atoms with Crippen molar-refractivity contribution >= 4 is 11.9 Å². The number of rotatable bonds is 5. The van der Waals surface area contributed by atoms with Crippen molar-refractivity contribution in [3.8, 4) is 0 Å². The van der Waals surface area contributed by atoms with Crippen LogP contribution in [0.15, 0.2) is 0 Å². The number of fused-ring (bicyclic) bond motifs is 2. The van der Waals surface area contributed by atoms with Crippen molar-refractivity contribution in [1.82, 2.24) is 0 Å². The van der Waals surface area contributed by atoms with Gasteiger partial charge in [-0.15, -0.1) is 0 Å². The molecule has 6 nitrogen and oxygen atoms in total. The first-order valence-corrected chi connectivity index (χ1v) is 11.2. The summed E-state index contributed by atoms with van der Waals surface area (Å²) in [6.07, 6.45) is 7.89. The minimum Gasteiger partial charge on any atom is -0.455 e. The second-order valence-electron chi connectivity index (χ2n) is 10.4. The van der Waals surface area contributed by atoms with E-state index in [4.69, 9.17) is 18.9 Å². The van der Waals surface area contributed by atoms with Crippen LogP contribution in [-0.4, -0.2) is 47.6 Å². The predicted molar refractivity (Wildman–Crippen MR) is 97.2 cm³/mol. The second kappa shape index (κ2) is 5.72. The molecule has 2 aliphatic heterocycles. The molecular formula is C22H30O6. The van der Waals surface area contributed by atoms with E-state index >= 15 is 0 Å². The number of hydrogen-bond donors (Lipinski definition) is 0. The van der Waals surface area contributed by atoms with E-state index in [0.717, 1.165) is 51.4 Å². The zero-order valence-electron chi connectivity index (χ0n) is 16.7. The Morgan fingerprint density at radius 3 is 1.39 bits per heavy atom. The maximum Gasteiger partial charge on any atom is 0.310 e. The van der Waals surface area contributed by atoms with Crippen LogP contribution in [0.1, 0.15) is 65.2 Å². The summed E-state index contributed by atoms with van der Waals surface area (Å²) < 4.78 is 23.4. The molecule has 0 aromatic heterocycles. The molecule has 8 unspecified atom stereocenters. The SMILES string of the molecule is CC1CC2OC2CC1C(=O)OC1(C2(OC(=O)C3CC4OC4CC3C)CC2)CC1. The lowest BCUT2D eigenvalue weighted by Crippen LogP contribution is -2.44. The van der Waals surface area contributed by atoms with Gasteiger partial charge in [0.2, 0.25) is 0 Å². The van der Waals surface area contributed by atoms with Gasteiger partial charge in [-0.05, 0) is 63.2 Å². The van der Waals surface area contributed by atoms with Crippen molar-refractivity contribution < 1.29 is 28.5 Å². The first-order valence-electron chi connectivity index (χ1n) is 11.2. The zero-order valence-corrected chi connectivity index (χ0v) is 16.7. The van der Waals surface area contributed by atoms with Crippen LogP contribution in [0.2, 0.25) is 0 Å². The van der Waals surface area contributed by atoms with Gasteiger partial charge in [0.05, 0.1) is 36.3 Å². The van der Waals surface area contributed by atoms with Gasteiger partial charge in [-0.25, -0.2) is 0 Å². The molecule has 6 fully saturated rings. The van der Waals surface area contributed by atoms with Crippen LogP contribution >= 0.6 is 0 Å². The van der Waals surface area contributed by atoms with Gasteiger partial charge in [0, 0.05) is 0 Å². The van der Waals surface area contributed by atoms with Gasteiger partial charge in [0.25, 0.3) is 0 Å². The topological polar surface area (TPSA) is 77.7 Å². The van der Waals surface area contributed by atoms with Gasteiger partial charge in [0.1, 0.15) is 0 Å². The Morgan fingerprint density at radius 2 is 1.04 bits per heavy atom. The fourth-order valence-electron chi connectivity index (χ4n) is 5.94. The molecule has 0 N–H and O–H groups in total. The fourth-order valence-corrected chi connectivity index (χ4v) is 5.94. The minimum absolute atomic E-state index is 0.0879. The van der Waals surface area contributed by atoms with E-state index in [0.29, 0.717) is 24.0 Å². The number of carbonyl (C=O) groups is 2. The van der Waals surface area contributed by atoms with Crippen LogP contribution in [-0.2, 0) is 28.5 Å². The maximum absolute atomic E-state index is 13.0. The molecule has 6 heteroatoms.